The molecular weight excluding hydrogens is 438 g/mol. The van der Waals surface area contributed by atoms with E-state index < -0.39 is 53.6 Å². The summed E-state index contributed by atoms with van der Waals surface area (Å²) in [5.74, 6) is -7.87. The van der Waals surface area contributed by atoms with Gasteiger partial charge >= 0.3 is 18.1 Å². The van der Waals surface area contributed by atoms with Crippen molar-refractivity contribution < 1.29 is 45.4 Å². The van der Waals surface area contributed by atoms with Crippen molar-refractivity contribution in [3.05, 3.63) is 41.8 Å². The van der Waals surface area contributed by atoms with E-state index in [-0.39, 0.29) is 5.75 Å². The first-order chi connectivity index (χ1) is 14.5. The molecule has 1 heterocycles. The molecule has 0 aliphatic heterocycles. The highest BCUT2D eigenvalue weighted by atomic mass is 19.4. The smallest absolute Gasteiger partial charge is 0.456 e. The van der Waals surface area contributed by atoms with Crippen LogP contribution >= 0.6 is 0 Å². The molecule has 0 unspecified atom stereocenters. The third-order valence-electron chi connectivity index (χ3n) is 3.46. The van der Waals surface area contributed by atoms with Gasteiger partial charge in [-0.25, -0.2) is 9.37 Å². The average Bonchev–Trinajstić information content (AvgIpc) is 2.70. The number of amides is 1. The molecule has 0 fully saturated rings. The van der Waals surface area contributed by atoms with Crippen LogP contribution in [0.1, 0.15) is 5.56 Å². The molecule has 8 nitrogen and oxygen atoms in total. The number of rotatable bonds is 8. The van der Waals surface area contributed by atoms with Crippen LogP contribution in [-0.4, -0.2) is 54.5 Å². The number of carbonyl (C=O) groups excluding carboxylic acids is 1. The van der Waals surface area contributed by atoms with Crippen molar-refractivity contribution >= 4 is 11.6 Å². The molecule has 1 N–H and O–H groups in total. The Morgan fingerprint density at radius 3 is 2.52 bits per heavy atom. The molecule has 0 aliphatic rings. The van der Waals surface area contributed by atoms with Gasteiger partial charge in [0.25, 0.3) is 5.91 Å². The number of oxime groups is 1. The number of hydrogen-bond acceptors (Lipinski definition) is 7. The summed E-state index contributed by atoms with van der Waals surface area (Å²) in [6, 6.07) is 3.74. The average molecular weight is 452 g/mol. The lowest BCUT2D eigenvalue weighted by atomic mass is 10.1. The number of ether oxygens (including phenoxy) is 2. The van der Waals surface area contributed by atoms with Gasteiger partial charge in [0.1, 0.15) is 18.7 Å². The molecule has 1 aromatic carbocycles. The van der Waals surface area contributed by atoms with Crippen molar-refractivity contribution in [3.8, 4) is 17.6 Å². The van der Waals surface area contributed by atoms with Crippen LogP contribution in [0.3, 0.4) is 0 Å². The summed E-state index contributed by atoms with van der Waals surface area (Å²) in [5.41, 5.74) is -0.947. The summed E-state index contributed by atoms with van der Waals surface area (Å²) in [4.78, 5) is 23.8. The third-order valence-corrected chi connectivity index (χ3v) is 3.46. The molecule has 0 atom stereocenters. The summed E-state index contributed by atoms with van der Waals surface area (Å²) in [6.07, 6.45) is -4.86. The van der Waals surface area contributed by atoms with Gasteiger partial charge in [0.15, 0.2) is 12.3 Å². The molecule has 31 heavy (non-hydrogen) atoms. The van der Waals surface area contributed by atoms with Crippen LogP contribution in [0.25, 0.3) is 0 Å². The van der Waals surface area contributed by atoms with Crippen LogP contribution in [0.15, 0.2) is 35.6 Å². The van der Waals surface area contributed by atoms with E-state index in [0.29, 0.717) is 0 Å². The number of nitrogens with one attached hydrogen (secondary N) is 1. The highest BCUT2D eigenvalue weighted by Crippen LogP contribution is 2.35. The fourth-order valence-corrected chi connectivity index (χ4v) is 2.03. The van der Waals surface area contributed by atoms with Gasteiger partial charge in [-0.1, -0.05) is 11.2 Å². The van der Waals surface area contributed by atoms with Crippen LogP contribution < -0.4 is 14.8 Å². The van der Waals surface area contributed by atoms with E-state index in [9.17, 15) is 31.1 Å². The maximum Gasteiger partial charge on any atom is 0.456 e. The van der Waals surface area contributed by atoms with Gasteiger partial charge in [-0.3, -0.25) is 4.79 Å². The van der Waals surface area contributed by atoms with E-state index in [2.05, 4.69) is 30.0 Å². The van der Waals surface area contributed by atoms with Crippen LogP contribution in [0.5, 0.6) is 17.6 Å². The van der Waals surface area contributed by atoms with E-state index in [1.54, 1.807) is 0 Å². The summed E-state index contributed by atoms with van der Waals surface area (Å²) in [7, 11) is 2.38. The molecule has 1 aromatic heterocycles. The second kappa shape index (κ2) is 9.49. The monoisotopic (exact) mass is 452 g/mol. The van der Waals surface area contributed by atoms with Gasteiger partial charge < -0.3 is 19.6 Å². The SMILES string of the molecule is CNC(=O)C(=NOC)c1c(F)cccc1Oc1nccc(OCC(F)(F)C(F)(F)F)n1. The topological polar surface area (TPSA) is 94.9 Å². The van der Waals surface area contributed by atoms with Crippen LogP contribution in [-0.2, 0) is 9.63 Å². The minimum Gasteiger partial charge on any atom is -0.471 e. The largest absolute Gasteiger partial charge is 0.471 e. The predicted octanol–water partition coefficient (Wildman–Crippen LogP) is 3.08. The molecule has 1 amide bonds. The molecular formula is C17H14F6N4O4. The van der Waals surface area contributed by atoms with Gasteiger partial charge in [0, 0.05) is 19.3 Å². The van der Waals surface area contributed by atoms with Crippen molar-refractivity contribution in [3.63, 3.8) is 0 Å². The number of aromatic nitrogens is 2. The molecule has 14 heteroatoms. The maximum absolute atomic E-state index is 14.4. The zero-order chi connectivity index (χ0) is 23.2. The zero-order valence-corrected chi connectivity index (χ0v) is 15.8. The Kier molecular flexibility index (Phi) is 7.25. The number of halogens is 6. The van der Waals surface area contributed by atoms with E-state index in [1.807, 2.05) is 0 Å². The molecule has 0 radical (unpaired) electrons. The first-order valence-electron chi connectivity index (χ1n) is 8.20. The number of likely N-dealkylation sites (N-methyl/N-ethyl adjacent to an activating group) is 1. The Morgan fingerprint density at radius 1 is 1.19 bits per heavy atom. The zero-order valence-electron chi connectivity index (χ0n) is 15.8. The van der Waals surface area contributed by atoms with Gasteiger partial charge in [0.05, 0.1) is 5.56 Å². The standard InChI is InChI=1S/C17H14F6N4O4/c1-24-14(28)13(27-29-2)12-9(18)4-3-5-10(12)31-15-25-7-6-11(26-15)30-8-16(19,20)17(21,22)23/h3-7H,8H2,1-2H3,(H,24,28). The van der Waals surface area contributed by atoms with Crippen molar-refractivity contribution in [2.75, 3.05) is 20.8 Å². The van der Waals surface area contributed by atoms with Crippen LogP contribution in [0.2, 0.25) is 0 Å². The Morgan fingerprint density at radius 2 is 1.90 bits per heavy atom. The quantitative estimate of drug-likeness (QED) is 0.376. The lowest BCUT2D eigenvalue weighted by Crippen LogP contribution is -2.41. The van der Waals surface area contributed by atoms with Gasteiger partial charge in [-0.15, -0.1) is 0 Å². The minimum absolute atomic E-state index is 0.322. The number of hydrogen-bond donors (Lipinski definition) is 1. The Balaban J connectivity index is 2.32. The lowest BCUT2D eigenvalue weighted by molar-refractivity contribution is -0.290. The fraction of sp³-hybridized carbons (Fsp3) is 0.294. The molecule has 0 bridgehead atoms. The first kappa shape index (κ1) is 23.7. The predicted molar refractivity (Wildman–Crippen MR) is 92.6 cm³/mol. The number of carbonyl (C=O) groups is 1. The van der Waals surface area contributed by atoms with Gasteiger partial charge in [0.2, 0.25) is 5.88 Å². The van der Waals surface area contributed by atoms with Gasteiger partial charge in [-0.2, -0.15) is 26.9 Å². The summed E-state index contributed by atoms with van der Waals surface area (Å²) < 4.78 is 86.8. The van der Waals surface area contributed by atoms with E-state index >= 15 is 0 Å². The molecule has 0 saturated carbocycles. The van der Waals surface area contributed by atoms with Crippen molar-refractivity contribution in [2.24, 2.45) is 5.16 Å². The Bertz CT molecular complexity index is 968. The van der Waals surface area contributed by atoms with Crippen molar-refractivity contribution in [1.82, 2.24) is 15.3 Å². The van der Waals surface area contributed by atoms with Crippen molar-refractivity contribution in [1.29, 1.82) is 0 Å². The molecule has 2 aromatic rings. The molecule has 168 valence electrons. The van der Waals surface area contributed by atoms with E-state index in [1.165, 1.54) is 19.2 Å². The maximum atomic E-state index is 14.4. The third kappa shape index (κ3) is 5.73. The minimum atomic E-state index is -5.81. The summed E-state index contributed by atoms with van der Waals surface area (Å²) in [5, 5.41) is 5.69. The Labute approximate surface area is 170 Å². The number of alkyl halides is 5. The highest BCUT2D eigenvalue weighted by molar-refractivity contribution is 6.45. The molecule has 0 aliphatic carbocycles. The molecule has 0 spiro atoms. The van der Waals surface area contributed by atoms with Gasteiger partial charge in [-0.05, 0) is 12.1 Å². The van der Waals surface area contributed by atoms with Crippen LogP contribution in [0, 0.1) is 5.82 Å². The normalized spacial score (nSPS) is 12.3. The highest BCUT2D eigenvalue weighted by Gasteiger charge is 2.58. The van der Waals surface area contributed by atoms with Crippen molar-refractivity contribution in [2.45, 2.75) is 12.1 Å². The number of benzene rings is 1. The molecule has 0 saturated heterocycles. The van der Waals surface area contributed by atoms with Crippen LogP contribution in [0.4, 0.5) is 26.3 Å². The molecule has 2 rings (SSSR count). The lowest BCUT2D eigenvalue weighted by Gasteiger charge is -2.19. The summed E-state index contributed by atoms with van der Waals surface area (Å²) >= 11 is 0. The van der Waals surface area contributed by atoms with E-state index in [4.69, 9.17) is 4.74 Å². The second-order valence-electron chi connectivity index (χ2n) is 5.58. The second-order valence-corrected chi connectivity index (χ2v) is 5.58. The summed E-state index contributed by atoms with van der Waals surface area (Å²) in [6.45, 7) is -2.03. The first-order valence-corrected chi connectivity index (χ1v) is 8.20. The Hall–Kier alpha value is -3.58. The fourth-order valence-electron chi connectivity index (χ4n) is 2.03. The van der Waals surface area contributed by atoms with E-state index in [0.717, 1.165) is 25.4 Å². The number of nitrogens with zero attached hydrogens (tertiary/aromatic N) is 3.